The maximum absolute atomic E-state index is 10.7. The normalized spacial score (nSPS) is 16.9. The first-order chi connectivity index (χ1) is 21.5. The molecule has 0 amide bonds. The number of ether oxygens (including phenoxy) is 1. The van der Waals surface area contributed by atoms with Crippen molar-refractivity contribution in [2.24, 2.45) is 0 Å². The van der Waals surface area contributed by atoms with Gasteiger partial charge in [-0.1, -0.05) is 59.7 Å². The molecule has 0 saturated heterocycles. The van der Waals surface area contributed by atoms with Crippen LogP contribution in [0.25, 0.3) is 27.5 Å². The molecule has 0 bridgehead atoms. The van der Waals surface area contributed by atoms with E-state index in [1.54, 1.807) is 0 Å². The molecule has 2 heterocycles. The van der Waals surface area contributed by atoms with E-state index in [9.17, 15) is 25.2 Å². The zero-order valence-electron chi connectivity index (χ0n) is 28.3. The number of rotatable bonds is 9. The fourth-order valence-corrected chi connectivity index (χ4v) is 5.63. The Hall–Kier alpha value is -3.36. The maximum atomic E-state index is 9.87. The van der Waals surface area contributed by atoms with Gasteiger partial charge in [0.1, 0.15) is 12.8 Å². The van der Waals surface area contributed by atoms with Gasteiger partial charge in [0.25, 0.3) is 0 Å². The Kier molecular flexibility index (Phi) is 9.77. The Balaban J connectivity index is 0.000000644. The van der Waals surface area contributed by atoms with E-state index in [2.05, 4.69) is 137 Å². The second-order valence-corrected chi connectivity index (χ2v) is 16.4. The Morgan fingerprint density at radius 3 is 1.74 bits per heavy atom. The molecule has 11 heteroatoms. The second kappa shape index (κ2) is 12.6. The summed E-state index contributed by atoms with van der Waals surface area (Å²) < 4.78 is 70.0. The van der Waals surface area contributed by atoms with Gasteiger partial charge in [-0.15, -0.1) is 0 Å². The SMILES string of the molecule is C[N+]1=C[NH+](CCCCCCOc2cccc(-n3c4ccc(C(C)(C)C)cc4c4cc(C(C)(C)C)ccc43)c2)C=C1.F[P-](F)(F)(F)(F)F. The topological polar surface area (TPSA) is 21.6 Å². The molecule has 1 atom stereocenters. The molecule has 0 spiro atoms. The van der Waals surface area contributed by atoms with Crippen molar-refractivity contribution in [3.8, 4) is 11.4 Å². The van der Waals surface area contributed by atoms with Crippen LogP contribution >= 0.6 is 7.81 Å². The predicted octanol–water partition coefficient (Wildman–Crippen LogP) is 10.7. The Morgan fingerprint density at radius 1 is 0.723 bits per heavy atom. The van der Waals surface area contributed by atoms with E-state index in [-0.39, 0.29) is 10.8 Å². The van der Waals surface area contributed by atoms with Crippen molar-refractivity contribution in [2.45, 2.75) is 78.1 Å². The molecule has 0 aliphatic carbocycles. The number of quaternary nitrogens is 1. The molecule has 1 aliphatic heterocycles. The first-order valence-corrected chi connectivity index (χ1v) is 18.0. The van der Waals surface area contributed by atoms with Gasteiger partial charge in [-0.25, -0.2) is 4.90 Å². The van der Waals surface area contributed by atoms with Gasteiger partial charge < -0.3 is 9.30 Å². The molecule has 4 aromatic rings. The summed E-state index contributed by atoms with van der Waals surface area (Å²) in [6.07, 6.45) is 11.3. The predicted molar refractivity (Wildman–Crippen MR) is 183 cm³/mol. The average Bonchev–Trinajstić information content (AvgIpc) is 3.49. The van der Waals surface area contributed by atoms with Crippen LogP contribution in [0.2, 0.25) is 0 Å². The molecule has 4 nitrogen and oxygen atoms in total. The molecule has 3 aromatic carbocycles. The van der Waals surface area contributed by atoms with Gasteiger partial charge in [0.2, 0.25) is 6.20 Å². The number of hydrogen-bond donors (Lipinski definition) is 1. The number of nitrogens with one attached hydrogen (secondary N) is 1. The van der Waals surface area contributed by atoms with Crippen LogP contribution in [-0.2, 0) is 10.8 Å². The van der Waals surface area contributed by atoms with Gasteiger partial charge in [-0.2, -0.15) is 4.58 Å². The van der Waals surface area contributed by atoms with Crippen molar-refractivity contribution in [2.75, 3.05) is 20.2 Å². The van der Waals surface area contributed by atoms with E-state index in [1.165, 1.54) is 57.1 Å². The van der Waals surface area contributed by atoms with Crippen molar-refractivity contribution in [1.82, 2.24) is 4.57 Å². The minimum atomic E-state index is -10.7. The van der Waals surface area contributed by atoms with Gasteiger partial charge in [-0.05, 0) is 84.0 Å². The van der Waals surface area contributed by atoms with Crippen LogP contribution in [0, 0.1) is 0 Å². The fourth-order valence-electron chi connectivity index (χ4n) is 5.63. The zero-order valence-corrected chi connectivity index (χ0v) is 29.2. The van der Waals surface area contributed by atoms with Crippen LogP contribution in [-0.4, -0.2) is 35.7 Å². The molecule has 258 valence electrons. The van der Waals surface area contributed by atoms with Crippen LogP contribution in [0.1, 0.15) is 78.4 Å². The summed E-state index contributed by atoms with van der Waals surface area (Å²) >= 11 is 0. The minimum absolute atomic E-state index is 0.0968. The Bertz CT molecular complexity index is 1710. The van der Waals surface area contributed by atoms with Gasteiger partial charge in [-0.3, -0.25) is 0 Å². The average molecular weight is 683 g/mol. The Labute approximate surface area is 273 Å². The summed E-state index contributed by atoms with van der Waals surface area (Å²) in [5.74, 6) is 0.939. The molecular formula is C36H47F6N3OP+. The molecule has 1 aromatic heterocycles. The molecule has 1 N–H and O–H groups in total. The van der Waals surface area contributed by atoms with Crippen molar-refractivity contribution in [3.63, 3.8) is 0 Å². The summed E-state index contributed by atoms with van der Waals surface area (Å²) in [6, 6.07) is 22.6. The van der Waals surface area contributed by atoms with Crippen LogP contribution < -0.4 is 9.64 Å². The fraction of sp³-hybridized carbons (Fsp3) is 0.417. The van der Waals surface area contributed by atoms with Crippen LogP contribution in [0.4, 0.5) is 25.2 Å². The zero-order chi connectivity index (χ0) is 34.9. The van der Waals surface area contributed by atoms with Crippen LogP contribution in [0.5, 0.6) is 5.75 Å². The number of aromatic nitrogens is 1. The second-order valence-electron chi connectivity index (χ2n) is 14.5. The number of hydrogen-bond acceptors (Lipinski definition) is 1. The molecule has 0 fully saturated rings. The number of fused-ring (bicyclic) bond motifs is 3. The Morgan fingerprint density at radius 2 is 1.26 bits per heavy atom. The van der Waals surface area contributed by atoms with E-state index >= 15 is 0 Å². The van der Waals surface area contributed by atoms with Crippen molar-refractivity contribution in [1.29, 1.82) is 0 Å². The van der Waals surface area contributed by atoms with Gasteiger partial charge in [0.15, 0.2) is 6.20 Å². The van der Waals surface area contributed by atoms with Gasteiger partial charge in [0, 0.05) is 22.5 Å². The van der Waals surface area contributed by atoms with E-state index in [0.29, 0.717) is 0 Å². The molecule has 1 aliphatic rings. The third-order valence-corrected chi connectivity index (χ3v) is 8.09. The van der Waals surface area contributed by atoms with E-state index in [1.807, 2.05) is 0 Å². The van der Waals surface area contributed by atoms with Crippen molar-refractivity contribution < 1.29 is 39.4 Å². The summed E-state index contributed by atoms with van der Waals surface area (Å²) in [7, 11) is -8.57. The van der Waals surface area contributed by atoms with Crippen LogP contribution in [0.15, 0.2) is 73.1 Å². The third-order valence-electron chi connectivity index (χ3n) is 8.09. The molecule has 0 saturated carbocycles. The van der Waals surface area contributed by atoms with E-state index in [4.69, 9.17) is 4.74 Å². The van der Waals surface area contributed by atoms with Crippen molar-refractivity contribution >= 4 is 36.0 Å². The van der Waals surface area contributed by atoms with Crippen LogP contribution in [0.3, 0.4) is 0 Å². The van der Waals surface area contributed by atoms with E-state index < -0.39 is 7.81 Å². The standard InChI is InChI=1S/C36H46N3O.F6P/c1-35(2,3)27-15-17-33-31(23-27)32-24-28(36(4,5)6)16-18-34(32)39(33)29-13-12-14-30(25-29)40-22-11-9-8-10-19-38-21-20-37(7)26-38;1-7(2,3,4,5)6/h12-18,20-21,23-26H,8-11,19,22H2,1-7H3;/q+1;-1/p+1. The summed E-state index contributed by atoms with van der Waals surface area (Å²) in [5, 5.41) is 2.63. The number of halogens is 6. The van der Waals surface area contributed by atoms with Crippen molar-refractivity contribution in [3.05, 3.63) is 84.2 Å². The summed E-state index contributed by atoms with van der Waals surface area (Å²) in [4.78, 5) is 1.44. The van der Waals surface area contributed by atoms with E-state index in [0.717, 1.165) is 31.0 Å². The van der Waals surface area contributed by atoms with Gasteiger partial charge >= 0.3 is 39.3 Å². The summed E-state index contributed by atoms with van der Waals surface area (Å²) in [6.45, 7) is 15.7. The monoisotopic (exact) mass is 682 g/mol. The summed E-state index contributed by atoms with van der Waals surface area (Å²) in [5.41, 5.74) is 6.54. The van der Waals surface area contributed by atoms with Gasteiger partial charge in [0.05, 0.1) is 24.2 Å². The molecule has 5 rings (SSSR count). The number of benzene rings is 3. The first-order valence-electron chi connectivity index (χ1n) is 16.0. The number of nitrogens with zero attached hydrogens (tertiary/aromatic N) is 2. The molecule has 0 radical (unpaired) electrons. The molecular weight excluding hydrogens is 635 g/mol. The number of unbranched alkanes of at least 4 members (excludes halogenated alkanes) is 3. The first kappa shape index (κ1) is 36.5. The molecule has 47 heavy (non-hydrogen) atoms. The quantitative estimate of drug-likeness (QED) is 0.0807. The third kappa shape index (κ3) is 11.1. The molecule has 1 unspecified atom stereocenters.